The molecule has 1 aromatic carbocycles. The lowest BCUT2D eigenvalue weighted by Crippen LogP contribution is -2.54. The molecule has 1 amide bonds. The van der Waals surface area contributed by atoms with Crippen molar-refractivity contribution in [1.29, 1.82) is 0 Å². The van der Waals surface area contributed by atoms with Crippen LogP contribution in [0, 0.1) is 6.08 Å². The lowest BCUT2D eigenvalue weighted by atomic mass is 9.92. The van der Waals surface area contributed by atoms with E-state index in [2.05, 4.69) is 55.6 Å². The molecule has 2 heterocycles. The highest BCUT2D eigenvalue weighted by Crippen LogP contribution is 2.41. The van der Waals surface area contributed by atoms with Gasteiger partial charge in [-0.3, -0.25) is 9.69 Å². The summed E-state index contributed by atoms with van der Waals surface area (Å²) in [4.78, 5) is 14.1. The van der Waals surface area contributed by atoms with Gasteiger partial charge in [0.1, 0.15) is 0 Å². The van der Waals surface area contributed by atoms with Crippen molar-refractivity contribution in [1.82, 2.24) is 9.38 Å². The fraction of sp³-hybridized carbons (Fsp3) is 0.316. The van der Waals surface area contributed by atoms with E-state index in [1.54, 1.807) is 0 Å². The number of likely N-dealkylation sites (tertiary alicyclic amines) is 1. The summed E-state index contributed by atoms with van der Waals surface area (Å²) in [6.45, 7) is 1.58. The number of hydrogen-bond acceptors (Lipinski definition) is 1. The van der Waals surface area contributed by atoms with E-state index in [0.717, 1.165) is 24.9 Å². The first kappa shape index (κ1) is 15.9. The van der Waals surface area contributed by atoms with E-state index in [1.165, 1.54) is 17.0 Å². The third-order valence-corrected chi connectivity index (χ3v) is 4.90. The van der Waals surface area contributed by atoms with Crippen LogP contribution < -0.4 is 4.48 Å². The molecule has 0 bridgehead atoms. The summed E-state index contributed by atoms with van der Waals surface area (Å²) in [5.74, 6) is 0.281. The zero-order valence-electron chi connectivity index (χ0n) is 13.3. The van der Waals surface area contributed by atoms with Gasteiger partial charge in [0, 0.05) is 43.7 Å². The smallest absolute Gasteiger partial charge is 0.238 e. The molecule has 1 aliphatic carbocycles. The predicted molar refractivity (Wildman–Crippen MR) is 94.9 cm³/mol. The fourth-order valence-corrected chi connectivity index (χ4v) is 3.78. The minimum absolute atomic E-state index is 0. The number of carbonyl (C=O) groups is 1. The molecule has 1 atom stereocenters. The molecule has 3 nitrogen and oxygen atoms in total. The molecule has 3 aliphatic rings. The molecule has 0 N–H and O–H groups in total. The molecule has 0 aromatic heterocycles. The lowest BCUT2D eigenvalue weighted by Gasteiger charge is -2.36. The Morgan fingerprint density at radius 1 is 1.30 bits per heavy atom. The van der Waals surface area contributed by atoms with Crippen molar-refractivity contribution in [2.45, 2.75) is 19.3 Å². The first-order chi connectivity index (χ1) is 10.7. The lowest BCUT2D eigenvalue weighted by molar-refractivity contribution is -0.128. The number of likely N-dealkylation sites (N-methyl/N-ethyl adjacent to an activating group) is 1. The summed E-state index contributed by atoms with van der Waals surface area (Å²) in [6, 6.07) is 8.43. The summed E-state index contributed by atoms with van der Waals surface area (Å²) in [7, 11) is 2.22. The number of allylic oxidation sites excluding steroid dienone is 4. The number of rotatable bonds is 2. The van der Waals surface area contributed by atoms with Gasteiger partial charge in [-0.25, -0.2) is 0 Å². The Hall–Kier alpha value is -1.93. The minimum Gasteiger partial charge on any atom is -0.294 e. The van der Waals surface area contributed by atoms with Gasteiger partial charge in [-0.2, -0.15) is 4.48 Å². The SMILES string of the molecule is C[N+]1(CN2CCCC2=O)C2=CC=CCC2=[C+]c2ccccc21.Cl. The Labute approximate surface area is 143 Å². The molecule has 118 valence electrons. The second-order valence-corrected chi connectivity index (χ2v) is 6.40. The molecular formula is C19H21ClN2O+2. The Kier molecular flexibility index (Phi) is 4.11. The highest BCUT2D eigenvalue weighted by molar-refractivity contribution is 5.85. The average molecular weight is 329 g/mol. The molecule has 0 radical (unpaired) electrons. The summed E-state index contributed by atoms with van der Waals surface area (Å²) in [5, 5.41) is 0. The third kappa shape index (κ3) is 2.51. The van der Waals surface area contributed by atoms with Crippen LogP contribution in [0.2, 0.25) is 0 Å². The van der Waals surface area contributed by atoms with Crippen LogP contribution in [0.25, 0.3) is 0 Å². The van der Waals surface area contributed by atoms with Crippen molar-refractivity contribution in [3.8, 4) is 0 Å². The topological polar surface area (TPSA) is 20.3 Å². The summed E-state index contributed by atoms with van der Waals surface area (Å²) >= 11 is 0. The summed E-state index contributed by atoms with van der Waals surface area (Å²) < 4.78 is 0.661. The number of quaternary nitrogens is 1. The maximum absolute atomic E-state index is 12.1. The standard InChI is InChI=1S/C19H20N2O.ClH/c1-21(14-20-12-6-11-19(20)22)17-9-4-2-7-15(17)13-16-8-3-5-10-18(16)21;/h2-5,7,9-10H,6,8,11-12,14H2,1H3;1H/q+2;. The van der Waals surface area contributed by atoms with Crippen molar-refractivity contribution in [2.24, 2.45) is 0 Å². The van der Waals surface area contributed by atoms with Crippen LogP contribution in [-0.2, 0) is 4.79 Å². The molecule has 0 saturated carbocycles. The largest absolute Gasteiger partial charge is 0.294 e. The minimum atomic E-state index is 0. The van der Waals surface area contributed by atoms with E-state index in [9.17, 15) is 4.79 Å². The van der Waals surface area contributed by atoms with Gasteiger partial charge in [-0.15, -0.1) is 12.4 Å². The highest BCUT2D eigenvalue weighted by atomic mass is 35.5. The first-order valence-electron chi connectivity index (χ1n) is 7.92. The van der Waals surface area contributed by atoms with E-state index >= 15 is 0 Å². The van der Waals surface area contributed by atoms with Gasteiger partial charge >= 0.3 is 0 Å². The number of benzene rings is 1. The second-order valence-electron chi connectivity index (χ2n) is 6.40. The van der Waals surface area contributed by atoms with Crippen LogP contribution in [0.4, 0.5) is 5.69 Å². The predicted octanol–water partition coefficient (Wildman–Crippen LogP) is 3.56. The van der Waals surface area contributed by atoms with E-state index in [1.807, 2.05) is 4.90 Å². The zero-order valence-corrected chi connectivity index (χ0v) is 14.1. The number of amides is 1. The van der Waals surface area contributed by atoms with Crippen LogP contribution in [0.3, 0.4) is 0 Å². The van der Waals surface area contributed by atoms with Gasteiger partial charge in [-0.1, -0.05) is 6.08 Å². The molecule has 4 rings (SSSR count). The van der Waals surface area contributed by atoms with E-state index in [4.69, 9.17) is 0 Å². The maximum Gasteiger partial charge on any atom is 0.238 e. The number of halogens is 1. The Morgan fingerprint density at radius 3 is 2.91 bits per heavy atom. The van der Waals surface area contributed by atoms with Gasteiger partial charge in [0.25, 0.3) is 0 Å². The number of fused-ring (bicyclic) bond motifs is 2. The molecule has 1 aromatic rings. The van der Waals surface area contributed by atoms with E-state index in [-0.39, 0.29) is 18.3 Å². The first-order valence-corrected chi connectivity index (χ1v) is 7.92. The number of carbonyl (C=O) groups excluding carboxylic acids is 1. The summed E-state index contributed by atoms with van der Waals surface area (Å²) in [6.07, 6.45) is 12.6. The van der Waals surface area contributed by atoms with Gasteiger partial charge in [-0.05, 0) is 24.6 Å². The molecule has 23 heavy (non-hydrogen) atoms. The molecular weight excluding hydrogens is 308 g/mol. The maximum atomic E-state index is 12.1. The zero-order chi connectivity index (χ0) is 15.2. The Bertz CT molecular complexity index is 735. The molecule has 0 spiro atoms. The van der Waals surface area contributed by atoms with Gasteiger partial charge < -0.3 is 0 Å². The van der Waals surface area contributed by atoms with Crippen molar-refractivity contribution in [2.75, 3.05) is 20.3 Å². The Morgan fingerprint density at radius 2 is 2.13 bits per heavy atom. The van der Waals surface area contributed by atoms with Crippen LogP contribution in [0.5, 0.6) is 0 Å². The van der Waals surface area contributed by atoms with Crippen molar-refractivity contribution >= 4 is 24.0 Å². The second kappa shape index (κ2) is 5.93. The van der Waals surface area contributed by atoms with Crippen molar-refractivity contribution in [3.05, 3.63) is 65.4 Å². The monoisotopic (exact) mass is 328 g/mol. The van der Waals surface area contributed by atoms with Crippen LogP contribution in [0.1, 0.15) is 24.8 Å². The van der Waals surface area contributed by atoms with Crippen LogP contribution in [0.15, 0.2) is 53.8 Å². The van der Waals surface area contributed by atoms with E-state index < -0.39 is 0 Å². The number of para-hydroxylation sites is 1. The Balaban J connectivity index is 0.00000156. The molecule has 1 unspecified atom stereocenters. The van der Waals surface area contributed by atoms with Gasteiger partial charge in [0.2, 0.25) is 22.9 Å². The highest BCUT2D eigenvalue weighted by Gasteiger charge is 2.47. The third-order valence-electron chi connectivity index (χ3n) is 4.90. The number of nitrogens with zero attached hydrogens (tertiary/aromatic N) is 2. The van der Waals surface area contributed by atoms with Crippen LogP contribution in [-0.4, -0.2) is 31.1 Å². The van der Waals surface area contributed by atoms with Gasteiger partial charge in [0.15, 0.2) is 12.2 Å². The average Bonchev–Trinajstić information content (AvgIpc) is 2.93. The fourth-order valence-electron chi connectivity index (χ4n) is 3.78. The number of hydrogen-bond donors (Lipinski definition) is 0. The molecule has 2 aliphatic heterocycles. The van der Waals surface area contributed by atoms with Gasteiger partial charge in [0.05, 0.1) is 7.05 Å². The van der Waals surface area contributed by atoms with Crippen molar-refractivity contribution in [3.63, 3.8) is 0 Å². The molecule has 4 heteroatoms. The summed E-state index contributed by atoms with van der Waals surface area (Å²) in [5.41, 5.74) is 4.89. The molecule has 1 saturated heterocycles. The van der Waals surface area contributed by atoms with E-state index in [0.29, 0.717) is 17.6 Å². The molecule has 1 fully saturated rings. The van der Waals surface area contributed by atoms with Crippen molar-refractivity contribution < 1.29 is 4.79 Å². The van der Waals surface area contributed by atoms with Crippen LogP contribution >= 0.6 is 12.4 Å². The quantitative estimate of drug-likeness (QED) is 0.600. The normalized spacial score (nSPS) is 24.9.